The second-order valence-corrected chi connectivity index (χ2v) is 5.13. The summed E-state index contributed by atoms with van der Waals surface area (Å²) >= 11 is 2.31. The SMILES string of the molecule is Ic1cnn(CC2CCCCC2)c1. The molecule has 1 aromatic rings. The van der Waals surface area contributed by atoms with Crippen LogP contribution in [0.1, 0.15) is 32.1 Å². The highest BCUT2D eigenvalue weighted by atomic mass is 127. The summed E-state index contributed by atoms with van der Waals surface area (Å²) < 4.78 is 3.34. The highest BCUT2D eigenvalue weighted by molar-refractivity contribution is 14.1. The van der Waals surface area contributed by atoms with E-state index in [4.69, 9.17) is 0 Å². The molecule has 0 aromatic carbocycles. The normalized spacial score (nSPS) is 19.2. The molecule has 1 heterocycles. The molecule has 13 heavy (non-hydrogen) atoms. The first kappa shape index (κ1) is 9.49. The number of halogens is 1. The fourth-order valence-electron chi connectivity index (χ4n) is 2.07. The molecule has 1 aliphatic carbocycles. The lowest BCUT2D eigenvalue weighted by Crippen LogP contribution is -2.14. The summed E-state index contributed by atoms with van der Waals surface area (Å²) in [7, 11) is 0. The van der Waals surface area contributed by atoms with Crippen molar-refractivity contribution >= 4 is 22.6 Å². The quantitative estimate of drug-likeness (QED) is 0.765. The molecule has 0 aliphatic heterocycles. The third kappa shape index (κ3) is 2.69. The van der Waals surface area contributed by atoms with Gasteiger partial charge in [-0.25, -0.2) is 0 Å². The van der Waals surface area contributed by atoms with Crippen molar-refractivity contribution in [2.45, 2.75) is 38.6 Å². The second kappa shape index (κ2) is 4.44. The van der Waals surface area contributed by atoms with Crippen LogP contribution in [0.15, 0.2) is 12.4 Å². The maximum Gasteiger partial charge on any atom is 0.0623 e. The minimum Gasteiger partial charge on any atom is -0.271 e. The number of nitrogens with zero attached hydrogens (tertiary/aromatic N) is 2. The van der Waals surface area contributed by atoms with E-state index in [0.29, 0.717) is 0 Å². The van der Waals surface area contributed by atoms with Crippen molar-refractivity contribution in [2.75, 3.05) is 0 Å². The van der Waals surface area contributed by atoms with Gasteiger partial charge in [-0.15, -0.1) is 0 Å². The first-order valence-electron chi connectivity index (χ1n) is 5.02. The summed E-state index contributed by atoms with van der Waals surface area (Å²) in [5.74, 6) is 0.879. The fraction of sp³-hybridized carbons (Fsp3) is 0.700. The Bertz CT molecular complexity index is 264. The second-order valence-electron chi connectivity index (χ2n) is 3.88. The third-order valence-corrected chi connectivity index (χ3v) is 3.33. The van der Waals surface area contributed by atoms with E-state index < -0.39 is 0 Å². The van der Waals surface area contributed by atoms with Gasteiger partial charge in [-0.1, -0.05) is 19.3 Å². The number of hydrogen-bond donors (Lipinski definition) is 0. The number of hydrogen-bond acceptors (Lipinski definition) is 1. The number of rotatable bonds is 2. The summed E-state index contributed by atoms with van der Waals surface area (Å²) in [4.78, 5) is 0. The van der Waals surface area contributed by atoms with Gasteiger partial charge in [0.2, 0.25) is 0 Å². The van der Waals surface area contributed by atoms with Crippen molar-refractivity contribution in [1.82, 2.24) is 9.78 Å². The average molecular weight is 290 g/mol. The van der Waals surface area contributed by atoms with E-state index in [-0.39, 0.29) is 0 Å². The highest BCUT2D eigenvalue weighted by Crippen LogP contribution is 2.24. The fourth-order valence-corrected chi connectivity index (χ4v) is 2.52. The summed E-state index contributed by atoms with van der Waals surface area (Å²) in [5, 5.41) is 4.32. The van der Waals surface area contributed by atoms with Crippen LogP contribution < -0.4 is 0 Å². The molecule has 2 rings (SSSR count). The zero-order valence-corrected chi connectivity index (χ0v) is 9.90. The van der Waals surface area contributed by atoms with E-state index in [1.165, 1.54) is 35.7 Å². The molecule has 0 radical (unpaired) electrons. The first-order chi connectivity index (χ1) is 6.34. The van der Waals surface area contributed by atoms with E-state index in [1.54, 1.807) is 0 Å². The maximum atomic E-state index is 4.32. The van der Waals surface area contributed by atoms with E-state index in [9.17, 15) is 0 Å². The molecule has 1 aromatic heterocycles. The van der Waals surface area contributed by atoms with Crippen molar-refractivity contribution in [3.63, 3.8) is 0 Å². The molecule has 0 atom stereocenters. The summed E-state index contributed by atoms with van der Waals surface area (Å²) in [6, 6.07) is 0. The first-order valence-corrected chi connectivity index (χ1v) is 6.10. The van der Waals surface area contributed by atoms with Gasteiger partial charge in [-0.2, -0.15) is 5.10 Å². The largest absolute Gasteiger partial charge is 0.271 e. The molecule has 0 spiro atoms. The van der Waals surface area contributed by atoms with Gasteiger partial charge >= 0.3 is 0 Å². The molecule has 1 fully saturated rings. The predicted molar refractivity (Wildman–Crippen MR) is 61.5 cm³/mol. The van der Waals surface area contributed by atoms with Crippen LogP contribution in [-0.2, 0) is 6.54 Å². The van der Waals surface area contributed by atoms with Crippen molar-refractivity contribution in [3.05, 3.63) is 16.0 Å². The molecule has 1 aliphatic rings. The van der Waals surface area contributed by atoms with E-state index in [2.05, 4.69) is 38.6 Å². The molecular weight excluding hydrogens is 275 g/mol. The average Bonchev–Trinajstić information content (AvgIpc) is 2.53. The molecular formula is C10H15IN2. The lowest BCUT2D eigenvalue weighted by atomic mass is 9.89. The Hall–Kier alpha value is -0.0600. The smallest absolute Gasteiger partial charge is 0.0623 e. The Kier molecular flexibility index (Phi) is 3.24. The van der Waals surface area contributed by atoms with Gasteiger partial charge in [-0.3, -0.25) is 4.68 Å². The van der Waals surface area contributed by atoms with Gasteiger partial charge in [0.05, 0.1) is 9.77 Å². The van der Waals surface area contributed by atoms with Crippen molar-refractivity contribution in [3.8, 4) is 0 Å². The highest BCUT2D eigenvalue weighted by Gasteiger charge is 2.13. The van der Waals surface area contributed by atoms with Crippen LogP contribution in [0.2, 0.25) is 0 Å². The molecule has 0 N–H and O–H groups in total. The Morgan fingerprint density at radius 3 is 2.77 bits per heavy atom. The summed E-state index contributed by atoms with van der Waals surface area (Å²) in [6.45, 7) is 1.13. The monoisotopic (exact) mass is 290 g/mol. The van der Waals surface area contributed by atoms with Crippen molar-refractivity contribution < 1.29 is 0 Å². The third-order valence-electron chi connectivity index (χ3n) is 2.77. The topological polar surface area (TPSA) is 17.8 Å². The maximum absolute atomic E-state index is 4.32. The van der Waals surface area contributed by atoms with Crippen LogP contribution in [0.25, 0.3) is 0 Å². The molecule has 72 valence electrons. The van der Waals surface area contributed by atoms with Crippen LogP contribution in [0.3, 0.4) is 0 Å². The molecule has 0 saturated heterocycles. The van der Waals surface area contributed by atoms with Crippen molar-refractivity contribution in [2.24, 2.45) is 5.92 Å². The van der Waals surface area contributed by atoms with Crippen LogP contribution in [-0.4, -0.2) is 9.78 Å². The van der Waals surface area contributed by atoms with Gasteiger partial charge in [0, 0.05) is 12.7 Å². The molecule has 1 saturated carbocycles. The van der Waals surface area contributed by atoms with Gasteiger partial charge < -0.3 is 0 Å². The Labute approximate surface area is 92.8 Å². The zero-order valence-electron chi connectivity index (χ0n) is 7.75. The molecule has 0 unspecified atom stereocenters. The van der Waals surface area contributed by atoms with Gasteiger partial charge in [0.15, 0.2) is 0 Å². The van der Waals surface area contributed by atoms with Crippen molar-refractivity contribution in [1.29, 1.82) is 0 Å². The number of aromatic nitrogens is 2. The molecule has 3 heteroatoms. The minimum atomic E-state index is 0.879. The van der Waals surface area contributed by atoms with Gasteiger partial charge in [-0.05, 0) is 41.4 Å². The lowest BCUT2D eigenvalue weighted by Gasteiger charge is -2.21. The van der Waals surface area contributed by atoms with E-state index in [1.807, 2.05) is 6.20 Å². The predicted octanol–water partition coefficient (Wildman–Crippen LogP) is 3.07. The summed E-state index contributed by atoms with van der Waals surface area (Å²) in [6.07, 6.45) is 11.1. The Morgan fingerprint density at radius 2 is 2.15 bits per heavy atom. The van der Waals surface area contributed by atoms with E-state index in [0.717, 1.165) is 12.5 Å². The van der Waals surface area contributed by atoms with Crippen LogP contribution >= 0.6 is 22.6 Å². The van der Waals surface area contributed by atoms with E-state index >= 15 is 0 Å². The Morgan fingerprint density at radius 1 is 1.38 bits per heavy atom. The minimum absolute atomic E-state index is 0.879. The molecule has 0 bridgehead atoms. The molecule has 2 nitrogen and oxygen atoms in total. The van der Waals surface area contributed by atoms with Gasteiger partial charge in [0.1, 0.15) is 0 Å². The molecule has 0 amide bonds. The van der Waals surface area contributed by atoms with Crippen LogP contribution in [0.4, 0.5) is 0 Å². The van der Waals surface area contributed by atoms with Crippen LogP contribution in [0.5, 0.6) is 0 Å². The zero-order chi connectivity index (χ0) is 9.10. The van der Waals surface area contributed by atoms with Crippen LogP contribution in [0, 0.1) is 9.49 Å². The lowest BCUT2D eigenvalue weighted by molar-refractivity contribution is 0.308. The van der Waals surface area contributed by atoms with Gasteiger partial charge in [0.25, 0.3) is 0 Å². The summed E-state index contributed by atoms with van der Waals surface area (Å²) in [5.41, 5.74) is 0. The standard InChI is InChI=1S/C10H15IN2/c11-10-6-12-13(8-10)7-9-4-2-1-3-5-9/h6,8-9H,1-5,7H2. The Balaban J connectivity index is 1.89.